The molecule has 0 aliphatic rings. The number of hydrogen-bond acceptors (Lipinski definition) is 5. The Morgan fingerprint density at radius 3 is 3.00 bits per heavy atom. The minimum absolute atomic E-state index is 0.0865. The lowest BCUT2D eigenvalue weighted by atomic mass is 10.3. The minimum atomic E-state index is -0.0865. The van der Waals surface area contributed by atoms with Crippen LogP contribution in [0, 0.1) is 0 Å². The molecular weight excluding hydrogens is 312 g/mol. The molecule has 2 heterocycles. The van der Waals surface area contributed by atoms with Gasteiger partial charge >= 0.3 is 0 Å². The van der Waals surface area contributed by atoms with Gasteiger partial charge in [0.1, 0.15) is 0 Å². The van der Waals surface area contributed by atoms with E-state index >= 15 is 0 Å². The van der Waals surface area contributed by atoms with Crippen molar-refractivity contribution in [1.29, 1.82) is 0 Å². The fourth-order valence-corrected chi connectivity index (χ4v) is 3.67. The summed E-state index contributed by atoms with van der Waals surface area (Å²) in [5.74, 6) is 0.944. The first-order chi connectivity index (χ1) is 10.8. The number of allylic oxidation sites excluding steroid dienone is 1. The summed E-state index contributed by atoms with van der Waals surface area (Å²) >= 11 is 3.22. The van der Waals surface area contributed by atoms with Gasteiger partial charge in [0.15, 0.2) is 5.01 Å². The Bertz CT molecular complexity index is 825. The summed E-state index contributed by atoms with van der Waals surface area (Å²) in [5, 5.41) is 0.515. The molecule has 22 heavy (non-hydrogen) atoms. The number of thioether (sulfide) groups is 1. The lowest BCUT2D eigenvalue weighted by Crippen LogP contribution is -1.92. The molecule has 110 valence electrons. The highest BCUT2D eigenvalue weighted by atomic mass is 32.2. The van der Waals surface area contributed by atoms with Gasteiger partial charge in [-0.05, 0) is 48.2 Å². The van der Waals surface area contributed by atoms with E-state index in [1.165, 1.54) is 22.3 Å². The van der Waals surface area contributed by atoms with Crippen molar-refractivity contribution in [3.05, 3.63) is 59.4 Å². The number of pyridine rings is 1. The molecule has 2 aromatic heterocycles. The van der Waals surface area contributed by atoms with Crippen LogP contribution in [0.15, 0.2) is 53.6 Å². The van der Waals surface area contributed by atoms with Crippen LogP contribution in [-0.4, -0.2) is 21.5 Å². The average molecular weight is 326 g/mol. The summed E-state index contributed by atoms with van der Waals surface area (Å²) in [6.07, 6.45) is 4.95. The van der Waals surface area contributed by atoms with Gasteiger partial charge in [0, 0.05) is 11.1 Å². The standard InChI is InChI=1S/C17H14N2OS2/c1-2-21-13-7-8-14-16(11-13)22-17(19-14)15(20)9-6-12-5-3-4-10-18-12/h3-11H,2H2,1H3/b9-6+. The number of nitrogens with zero attached hydrogens (tertiary/aromatic N) is 2. The fourth-order valence-electron chi connectivity index (χ4n) is 1.97. The molecule has 3 rings (SSSR count). The number of benzene rings is 1. The van der Waals surface area contributed by atoms with Crippen molar-refractivity contribution in [3.63, 3.8) is 0 Å². The van der Waals surface area contributed by atoms with Gasteiger partial charge in [0.25, 0.3) is 0 Å². The van der Waals surface area contributed by atoms with Crippen LogP contribution in [0.5, 0.6) is 0 Å². The molecule has 0 saturated carbocycles. The summed E-state index contributed by atoms with van der Waals surface area (Å²) in [6, 6.07) is 11.7. The highest BCUT2D eigenvalue weighted by molar-refractivity contribution is 7.99. The molecule has 0 atom stereocenters. The van der Waals surface area contributed by atoms with Crippen molar-refractivity contribution in [1.82, 2.24) is 9.97 Å². The monoisotopic (exact) mass is 326 g/mol. The Morgan fingerprint density at radius 2 is 2.23 bits per heavy atom. The molecule has 0 radical (unpaired) electrons. The summed E-state index contributed by atoms with van der Waals surface area (Å²) in [5.41, 5.74) is 1.64. The zero-order valence-corrected chi connectivity index (χ0v) is 13.7. The van der Waals surface area contributed by atoms with Crippen LogP contribution in [0.25, 0.3) is 16.3 Å². The maximum Gasteiger partial charge on any atom is 0.214 e. The summed E-state index contributed by atoms with van der Waals surface area (Å²) < 4.78 is 1.05. The highest BCUT2D eigenvalue weighted by Crippen LogP contribution is 2.28. The Labute approximate surface area is 137 Å². The van der Waals surface area contributed by atoms with Crippen LogP contribution in [-0.2, 0) is 0 Å². The third-order valence-electron chi connectivity index (χ3n) is 2.97. The first-order valence-corrected chi connectivity index (χ1v) is 8.73. The maximum atomic E-state index is 12.2. The molecular formula is C17H14N2OS2. The van der Waals surface area contributed by atoms with E-state index < -0.39 is 0 Å². The molecule has 1 aromatic carbocycles. The number of ketones is 1. The van der Waals surface area contributed by atoms with E-state index in [-0.39, 0.29) is 5.78 Å². The Balaban J connectivity index is 1.83. The number of carbonyl (C=O) groups is 1. The number of carbonyl (C=O) groups excluding carboxylic acids is 1. The molecule has 0 aliphatic carbocycles. The van der Waals surface area contributed by atoms with E-state index in [0.717, 1.165) is 21.7 Å². The topological polar surface area (TPSA) is 42.9 Å². The predicted molar refractivity (Wildman–Crippen MR) is 93.6 cm³/mol. The predicted octanol–water partition coefficient (Wildman–Crippen LogP) is 4.70. The van der Waals surface area contributed by atoms with E-state index in [4.69, 9.17) is 0 Å². The lowest BCUT2D eigenvalue weighted by Gasteiger charge is -1.96. The van der Waals surface area contributed by atoms with Crippen LogP contribution >= 0.6 is 23.1 Å². The van der Waals surface area contributed by atoms with E-state index in [0.29, 0.717) is 5.01 Å². The maximum absolute atomic E-state index is 12.2. The van der Waals surface area contributed by atoms with Gasteiger partial charge in [-0.25, -0.2) is 4.98 Å². The van der Waals surface area contributed by atoms with Crippen LogP contribution in [0.2, 0.25) is 0 Å². The molecule has 5 heteroatoms. The second kappa shape index (κ2) is 6.85. The second-order valence-electron chi connectivity index (χ2n) is 4.53. The zero-order valence-electron chi connectivity index (χ0n) is 12.0. The van der Waals surface area contributed by atoms with Crippen molar-refractivity contribution in [3.8, 4) is 0 Å². The van der Waals surface area contributed by atoms with E-state index in [1.54, 1.807) is 24.0 Å². The first-order valence-electron chi connectivity index (χ1n) is 6.93. The van der Waals surface area contributed by atoms with Gasteiger partial charge in [-0.1, -0.05) is 13.0 Å². The molecule has 0 amide bonds. The quantitative estimate of drug-likeness (QED) is 0.387. The third kappa shape index (κ3) is 3.43. The van der Waals surface area contributed by atoms with E-state index in [1.807, 2.05) is 30.3 Å². The van der Waals surface area contributed by atoms with Gasteiger partial charge in [-0.2, -0.15) is 0 Å². The van der Waals surface area contributed by atoms with Gasteiger partial charge in [-0.15, -0.1) is 23.1 Å². The van der Waals surface area contributed by atoms with Crippen LogP contribution in [0.3, 0.4) is 0 Å². The number of fused-ring (bicyclic) bond motifs is 1. The van der Waals surface area contributed by atoms with Crippen LogP contribution < -0.4 is 0 Å². The minimum Gasteiger partial charge on any atom is -0.287 e. The number of thiazole rings is 1. The van der Waals surface area contributed by atoms with Crippen molar-refractivity contribution >= 4 is 45.2 Å². The number of hydrogen-bond donors (Lipinski definition) is 0. The first kappa shape index (κ1) is 14.9. The normalized spacial score (nSPS) is 11.3. The molecule has 0 aliphatic heterocycles. The average Bonchev–Trinajstić information content (AvgIpc) is 2.97. The van der Waals surface area contributed by atoms with Gasteiger partial charge in [0.05, 0.1) is 15.9 Å². The van der Waals surface area contributed by atoms with Crippen LogP contribution in [0.4, 0.5) is 0 Å². The Kier molecular flexibility index (Phi) is 4.65. The van der Waals surface area contributed by atoms with Crippen molar-refractivity contribution in [2.24, 2.45) is 0 Å². The number of rotatable bonds is 5. The van der Waals surface area contributed by atoms with Crippen molar-refractivity contribution in [2.75, 3.05) is 5.75 Å². The Hall–Kier alpha value is -1.98. The van der Waals surface area contributed by atoms with E-state index in [9.17, 15) is 4.79 Å². The zero-order chi connectivity index (χ0) is 15.4. The smallest absolute Gasteiger partial charge is 0.214 e. The summed E-state index contributed by atoms with van der Waals surface area (Å²) in [4.78, 5) is 22.0. The number of aromatic nitrogens is 2. The third-order valence-corrected chi connectivity index (χ3v) is 4.88. The van der Waals surface area contributed by atoms with Crippen molar-refractivity contribution in [2.45, 2.75) is 11.8 Å². The van der Waals surface area contributed by atoms with Gasteiger partial charge < -0.3 is 0 Å². The van der Waals surface area contributed by atoms with E-state index in [2.05, 4.69) is 23.0 Å². The Morgan fingerprint density at radius 1 is 1.32 bits per heavy atom. The molecule has 3 aromatic rings. The molecule has 0 fully saturated rings. The molecule has 0 N–H and O–H groups in total. The molecule has 0 saturated heterocycles. The molecule has 0 bridgehead atoms. The van der Waals surface area contributed by atoms with Crippen LogP contribution in [0.1, 0.15) is 22.4 Å². The SMILES string of the molecule is CCSc1ccc2nc(C(=O)/C=C/c3ccccn3)sc2c1. The molecule has 0 unspecified atom stereocenters. The summed E-state index contributed by atoms with van der Waals surface area (Å²) in [6.45, 7) is 2.12. The van der Waals surface area contributed by atoms with Gasteiger partial charge in [0.2, 0.25) is 5.78 Å². The van der Waals surface area contributed by atoms with Crippen molar-refractivity contribution < 1.29 is 4.79 Å². The lowest BCUT2D eigenvalue weighted by molar-refractivity contribution is 0.104. The highest BCUT2D eigenvalue weighted by Gasteiger charge is 2.10. The largest absolute Gasteiger partial charge is 0.287 e. The fraction of sp³-hybridized carbons (Fsp3) is 0.118. The van der Waals surface area contributed by atoms with Gasteiger partial charge in [-0.3, -0.25) is 9.78 Å². The molecule has 0 spiro atoms. The summed E-state index contributed by atoms with van der Waals surface area (Å²) in [7, 11) is 0. The molecule has 3 nitrogen and oxygen atoms in total. The second-order valence-corrected chi connectivity index (χ2v) is 6.90.